The fourth-order valence-electron chi connectivity index (χ4n) is 1.51. The number of rotatable bonds is 1. The van der Waals surface area contributed by atoms with Gasteiger partial charge < -0.3 is 9.79 Å². The molecule has 1 saturated heterocycles. The molecule has 1 atom stereocenters. The summed E-state index contributed by atoms with van der Waals surface area (Å²) in [7, 11) is -3.96. The van der Waals surface area contributed by atoms with Crippen LogP contribution in [0.1, 0.15) is 26.2 Å². The average molecular weight is 193 g/mol. The first kappa shape index (κ1) is 10.2. The highest BCUT2D eigenvalue weighted by Gasteiger charge is 2.26. The summed E-state index contributed by atoms with van der Waals surface area (Å²) in [6.45, 7) is 3.20. The molecular weight excluding hydrogens is 177 g/mol. The molecule has 0 aromatic carbocycles. The molecule has 2 N–H and O–H groups in total. The lowest BCUT2D eigenvalue weighted by Crippen LogP contribution is -2.21. The van der Waals surface area contributed by atoms with E-state index in [2.05, 4.69) is 6.92 Å². The highest BCUT2D eigenvalue weighted by Crippen LogP contribution is 2.41. The first-order valence-electron chi connectivity index (χ1n) is 4.31. The van der Waals surface area contributed by atoms with Gasteiger partial charge in [0.2, 0.25) is 0 Å². The standard InChI is InChI=1S/C7H16NO3P/c1-7-3-2-5-8(6-4-7)12(9,10)11/h7H,2-6H2,1H3,(H2,9,10,11). The van der Waals surface area contributed by atoms with Crippen LogP contribution in [0, 0.1) is 5.92 Å². The van der Waals surface area contributed by atoms with Gasteiger partial charge in [0.15, 0.2) is 0 Å². The molecular formula is C7H16NO3P. The minimum atomic E-state index is -3.96. The Labute approximate surface area is 72.8 Å². The summed E-state index contributed by atoms with van der Waals surface area (Å²) >= 11 is 0. The highest BCUT2D eigenvalue weighted by molar-refractivity contribution is 7.49. The Kier molecular flexibility index (Phi) is 3.29. The van der Waals surface area contributed by atoms with Crippen molar-refractivity contribution in [2.45, 2.75) is 26.2 Å². The Morgan fingerprint density at radius 1 is 1.33 bits per heavy atom. The second-order valence-electron chi connectivity index (χ2n) is 3.50. The zero-order chi connectivity index (χ0) is 9.19. The minimum absolute atomic E-state index is 0.533. The van der Waals surface area contributed by atoms with Crippen LogP contribution in [0.4, 0.5) is 0 Å². The summed E-state index contributed by atoms with van der Waals surface area (Å²) in [5, 5.41) is 0. The second kappa shape index (κ2) is 3.88. The highest BCUT2D eigenvalue weighted by atomic mass is 31.2. The Morgan fingerprint density at radius 3 is 2.58 bits per heavy atom. The van der Waals surface area contributed by atoms with Gasteiger partial charge in [0.1, 0.15) is 0 Å². The van der Waals surface area contributed by atoms with E-state index in [0.717, 1.165) is 19.3 Å². The first-order chi connectivity index (χ1) is 5.50. The molecule has 0 bridgehead atoms. The lowest BCUT2D eigenvalue weighted by atomic mass is 10.0. The lowest BCUT2D eigenvalue weighted by Gasteiger charge is -2.20. The van der Waals surface area contributed by atoms with E-state index in [-0.39, 0.29) is 0 Å². The van der Waals surface area contributed by atoms with Gasteiger partial charge in [-0.2, -0.15) is 0 Å². The predicted octanol–water partition coefficient (Wildman–Crippen LogP) is 1.20. The summed E-state index contributed by atoms with van der Waals surface area (Å²) < 4.78 is 12.2. The fraction of sp³-hybridized carbons (Fsp3) is 1.00. The second-order valence-corrected chi connectivity index (χ2v) is 5.10. The summed E-state index contributed by atoms with van der Waals surface area (Å²) in [4.78, 5) is 17.8. The van der Waals surface area contributed by atoms with E-state index >= 15 is 0 Å². The van der Waals surface area contributed by atoms with Gasteiger partial charge in [-0.15, -0.1) is 0 Å². The average Bonchev–Trinajstić information content (AvgIpc) is 2.11. The third-order valence-electron chi connectivity index (χ3n) is 2.36. The molecule has 1 aliphatic heterocycles. The number of nitrogens with zero attached hydrogens (tertiary/aromatic N) is 1. The normalized spacial score (nSPS) is 28.4. The number of hydrogen-bond donors (Lipinski definition) is 2. The molecule has 72 valence electrons. The third kappa shape index (κ3) is 2.87. The molecule has 0 aromatic rings. The Hall–Kier alpha value is 0.110. The van der Waals surface area contributed by atoms with Crippen molar-refractivity contribution in [1.29, 1.82) is 0 Å². The van der Waals surface area contributed by atoms with E-state index in [1.54, 1.807) is 0 Å². The molecule has 0 radical (unpaired) electrons. The van der Waals surface area contributed by atoms with Crippen LogP contribution in [0.3, 0.4) is 0 Å². The summed E-state index contributed by atoms with van der Waals surface area (Å²) in [6, 6.07) is 0. The van der Waals surface area contributed by atoms with Gasteiger partial charge in [-0.05, 0) is 25.2 Å². The molecule has 1 rings (SSSR count). The Balaban J connectivity index is 2.52. The van der Waals surface area contributed by atoms with Gasteiger partial charge in [-0.3, -0.25) is 0 Å². The maximum absolute atomic E-state index is 10.9. The first-order valence-corrected chi connectivity index (χ1v) is 5.87. The van der Waals surface area contributed by atoms with Crippen LogP contribution >= 0.6 is 7.75 Å². The van der Waals surface area contributed by atoms with E-state index < -0.39 is 7.75 Å². The molecule has 5 heteroatoms. The maximum atomic E-state index is 10.9. The molecule has 1 heterocycles. The molecule has 0 amide bonds. The SMILES string of the molecule is CC1CCCN(P(=O)(O)O)CC1. The smallest absolute Gasteiger partial charge is 0.312 e. The van der Waals surface area contributed by atoms with Gasteiger partial charge >= 0.3 is 7.75 Å². The summed E-state index contributed by atoms with van der Waals surface area (Å²) in [5.74, 6) is 0.599. The van der Waals surface area contributed by atoms with Crippen molar-refractivity contribution < 1.29 is 14.4 Å². The van der Waals surface area contributed by atoms with Crippen molar-refractivity contribution in [3.8, 4) is 0 Å². The van der Waals surface area contributed by atoms with Crippen LogP contribution in [0.15, 0.2) is 0 Å². The van der Waals surface area contributed by atoms with Gasteiger partial charge in [0.25, 0.3) is 0 Å². The van der Waals surface area contributed by atoms with E-state index in [9.17, 15) is 4.57 Å². The summed E-state index contributed by atoms with van der Waals surface area (Å²) in [5.41, 5.74) is 0. The van der Waals surface area contributed by atoms with Crippen molar-refractivity contribution in [3.63, 3.8) is 0 Å². The molecule has 1 fully saturated rings. The minimum Gasteiger partial charge on any atom is -0.312 e. The van der Waals surface area contributed by atoms with Crippen LogP contribution in [-0.4, -0.2) is 27.5 Å². The molecule has 0 aliphatic carbocycles. The van der Waals surface area contributed by atoms with E-state index in [1.807, 2.05) is 0 Å². The van der Waals surface area contributed by atoms with E-state index in [0.29, 0.717) is 19.0 Å². The zero-order valence-corrected chi connectivity index (χ0v) is 8.20. The number of hydrogen-bond acceptors (Lipinski definition) is 1. The molecule has 1 aliphatic rings. The van der Waals surface area contributed by atoms with Crippen molar-refractivity contribution in [3.05, 3.63) is 0 Å². The van der Waals surface area contributed by atoms with Crippen molar-refractivity contribution >= 4 is 7.75 Å². The van der Waals surface area contributed by atoms with E-state index in [4.69, 9.17) is 9.79 Å². The van der Waals surface area contributed by atoms with Crippen molar-refractivity contribution in [2.24, 2.45) is 5.92 Å². The van der Waals surface area contributed by atoms with Gasteiger partial charge in [0, 0.05) is 13.1 Å². The molecule has 0 saturated carbocycles. The predicted molar refractivity (Wildman–Crippen MR) is 46.6 cm³/mol. The molecule has 1 unspecified atom stereocenters. The summed E-state index contributed by atoms with van der Waals surface area (Å²) in [6.07, 6.45) is 2.87. The monoisotopic (exact) mass is 193 g/mol. The van der Waals surface area contributed by atoms with E-state index in [1.165, 1.54) is 4.67 Å². The van der Waals surface area contributed by atoms with Crippen LogP contribution in [0.25, 0.3) is 0 Å². The quantitative estimate of drug-likeness (QED) is 0.614. The van der Waals surface area contributed by atoms with Crippen LogP contribution < -0.4 is 0 Å². The van der Waals surface area contributed by atoms with Gasteiger partial charge in [-0.25, -0.2) is 9.24 Å². The van der Waals surface area contributed by atoms with Crippen molar-refractivity contribution in [2.75, 3.05) is 13.1 Å². The Morgan fingerprint density at radius 2 is 2.00 bits per heavy atom. The molecule has 4 nitrogen and oxygen atoms in total. The fourth-order valence-corrected chi connectivity index (χ4v) is 2.29. The molecule has 0 aromatic heterocycles. The van der Waals surface area contributed by atoms with Crippen LogP contribution in [-0.2, 0) is 4.57 Å². The molecule has 12 heavy (non-hydrogen) atoms. The topological polar surface area (TPSA) is 60.8 Å². The van der Waals surface area contributed by atoms with Gasteiger partial charge in [0.05, 0.1) is 0 Å². The third-order valence-corrected chi connectivity index (χ3v) is 3.50. The van der Waals surface area contributed by atoms with Crippen molar-refractivity contribution in [1.82, 2.24) is 4.67 Å². The van der Waals surface area contributed by atoms with Crippen LogP contribution in [0.2, 0.25) is 0 Å². The zero-order valence-electron chi connectivity index (χ0n) is 7.31. The maximum Gasteiger partial charge on any atom is 0.402 e. The van der Waals surface area contributed by atoms with Crippen LogP contribution in [0.5, 0.6) is 0 Å². The van der Waals surface area contributed by atoms with Gasteiger partial charge in [-0.1, -0.05) is 6.92 Å². The molecule has 0 spiro atoms. The lowest BCUT2D eigenvalue weighted by molar-refractivity contribution is 0.272. The largest absolute Gasteiger partial charge is 0.402 e. The Bertz CT molecular complexity index is 191.